The van der Waals surface area contributed by atoms with Crippen molar-refractivity contribution in [3.63, 3.8) is 0 Å². The fourth-order valence-electron chi connectivity index (χ4n) is 4.31. The zero-order valence-corrected chi connectivity index (χ0v) is 18.5. The lowest BCUT2D eigenvalue weighted by atomic mass is 9.78. The number of nitrogens with zero attached hydrogens (tertiary/aromatic N) is 2. The smallest absolute Gasteiger partial charge is 0.436 e. The Morgan fingerprint density at radius 3 is 2.19 bits per heavy atom. The molecule has 5 nitrogen and oxygen atoms in total. The molecule has 3 heterocycles. The summed E-state index contributed by atoms with van der Waals surface area (Å²) in [5.41, 5.74) is 4.80. The van der Waals surface area contributed by atoms with Crippen LogP contribution in [0.3, 0.4) is 0 Å². The van der Waals surface area contributed by atoms with Gasteiger partial charge in [-0.15, -0.1) is 0 Å². The molecule has 0 spiro atoms. The third-order valence-corrected chi connectivity index (χ3v) is 6.86. The van der Waals surface area contributed by atoms with Gasteiger partial charge in [0, 0.05) is 12.4 Å². The summed E-state index contributed by atoms with van der Waals surface area (Å²) >= 11 is 0. The quantitative estimate of drug-likeness (QED) is 0.352. The fraction of sp³-hybridized carbons (Fsp3) is 0.231. The Bertz CT molecular complexity index is 1470. The Morgan fingerprint density at radius 1 is 0.750 bits per heavy atom. The van der Waals surface area contributed by atoms with Gasteiger partial charge >= 0.3 is 7.12 Å². The molecule has 0 N–H and O–H groups in total. The van der Waals surface area contributed by atoms with Crippen LogP contribution in [-0.2, 0) is 9.31 Å². The Labute approximate surface area is 186 Å². The van der Waals surface area contributed by atoms with Gasteiger partial charge in [-0.25, -0.2) is 9.97 Å². The molecule has 32 heavy (non-hydrogen) atoms. The number of benzene rings is 3. The molecule has 0 aliphatic carbocycles. The lowest BCUT2D eigenvalue weighted by Crippen LogP contribution is -2.41. The second-order valence-electron chi connectivity index (χ2n) is 9.40. The Morgan fingerprint density at radius 2 is 1.44 bits per heavy atom. The summed E-state index contributed by atoms with van der Waals surface area (Å²) in [5, 5.41) is 3.26. The number of hydrogen-bond donors (Lipinski definition) is 0. The zero-order chi connectivity index (χ0) is 22.1. The molecule has 1 saturated heterocycles. The summed E-state index contributed by atoms with van der Waals surface area (Å²) in [6, 6.07) is 19.0. The first-order valence-electron chi connectivity index (χ1n) is 10.8. The lowest BCUT2D eigenvalue weighted by Gasteiger charge is -2.32. The number of aromatic nitrogens is 2. The van der Waals surface area contributed by atoms with Crippen LogP contribution >= 0.6 is 0 Å². The average Bonchev–Trinajstić information content (AvgIpc) is 3.27. The predicted octanol–water partition coefficient (Wildman–Crippen LogP) is 5.50. The number of rotatable bonds is 2. The summed E-state index contributed by atoms with van der Waals surface area (Å²) < 4.78 is 18.2. The average molecular weight is 422 g/mol. The van der Waals surface area contributed by atoms with Gasteiger partial charge < -0.3 is 13.7 Å². The van der Waals surface area contributed by atoms with Crippen LogP contribution < -0.4 is 5.46 Å². The standard InChI is InChI=1S/C26H23BN2O3/c1-25(2)26(3,4)32-27(31-25)19-9-5-16(6-10-19)17-7-11-20-18(15-17)8-12-21-22(20)23-24(30-21)29-14-13-28-23/h5-15H,1-4H3. The number of furan rings is 1. The Kier molecular flexibility index (Phi) is 4.04. The number of hydrogen-bond acceptors (Lipinski definition) is 5. The van der Waals surface area contributed by atoms with Crippen molar-refractivity contribution in [3.8, 4) is 11.1 Å². The minimum absolute atomic E-state index is 0.346. The first-order chi connectivity index (χ1) is 15.3. The second kappa shape index (κ2) is 6.64. The normalized spacial score (nSPS) is 17.6. The van der Waals surface area contributed by atoms with Crippen LogP contribution in [0.2, 0.25) is 0 Å². The van der Waals surface area contributed by atoms with Crippen LogP contribution in [0.15, 0.2) is 71.4 Å². The molecule has 5 aromatic rings. The molecule has 2 aromatic heterocycles. The van der Waals surface area contributed by atoms with Gasteiger partial charge in [0.05, 0.1) is 16.6 Å². The van der Waals surface area contributed by atoms with E-state index in [-0.39, 0.29) is 18.3 Å². The van der Waals surface area contributed by atoms with Gasteiger partial charge in [0.15, 0.2) is 0 Å². The topological polar surface area (TPSA) is 57.4 Å². The molecule has 0 unspecified atom stereocenters. The first kappa shape index (κ1) is 19.5. The number of fused-ring (bicyclic) bond motifs is 5. The van der Waals surface area contributed by atoms with E-state index in [2.05, 4.69) is 86.2 Å². The summed E-state index contributed by atoms with van der Waals surface area (Å²) in [5.74, 6) is 0. The third kappa shape index (κ3) is 2.87. The van der Waals surface area contributed by atoms with Crippen molar-refractivity contribution in [1.82, 2.24) is 9.97 Å². The molecular formula is C26H23BN2O3. The van der Waals surface area contributed by atoms with E-state index in [1.165, 1.54) is 0 Å². The molecular weight excluding hydrogens is 399 g/mol. The highest BCUT2D eigenvalue weighted by atomic mass is 16.7. The molecule has 6 heteroatoms. The van der Waals surface area contributed by atoms with E-state index in [1.807, 2.05) is 6.07 Å². The Balaban J connectivity index is 1.37. The highest BCUT2D eigenvalue weighted by Crippen LogP contribution is 2.37. The van der Waals surface area contributed by atoms with Crippen LogP contribution in [0.5, 0.6) is 0 Å². The van der Waals surface area contributed by atoms with Crippen LogP contribution in [0.1, 0.15) is 27.7 Å². The van der Waals surface area contributed by atoms with E-state index in [9.17, 15) is 0 Å². The minimum Gasteiger partial charge on any atom is -0.436 e. The maximum Gasteiger partial charge on any atom is 0.494 e. The maximum atomic E-state index is 6.18. The molecule has 0 bridgehead atoms. The van der Waals surface area contributed by atoms with Crippen molar-refractivity contribution in [2.75, 3.05) is 0 Å². The van der Waals surface area contributed by atoms with Crippen LogP contribution in [-0.4, -0.2) is 28.3 Å². The van der Waals surface area contributed by atoms with Crippen molar-refractivity contribution in [3.05, 3.63) is 67.0 Å². The zero-order valence-electron chi connectivity index (χ0n) is 18.5. The molecule has 1 aliphatic heterocycles. The van der Waals surface area contributed by atoms with Crippen molar-refractivity contribution >= 4 is 45.6 Å². The van der Waals surface area contributed by atoms with E-state index in [4.69, 9.17) is 13.7 Å². The first-order valence-corrected chi connectivity index (χ1v) is 10.8. The molecule has 6 rings (SSSR count). The molecule has 1 fully saturated rings. The van der Waals surface area contributed by atoms with Gasteiger partial charge in [0.1, 0.15) is 11.1 Å². The molecule has 0 amide bonds. The van der Waals surface area contributed by atoms with Crippen LogP contribution in [0.25, 0.3) is 44.1 Å². The summed E-state index contributed by atoms with van der Waals surface area (Å²) in [6.45, 7) is 8.29. The molecule has 158 valence electrons. The molecule has 3 aromatic carbocycles. The van der Waals surface area contributed by atoms with Crippen molar-refractivity contribution in [2.24, 2.45) is 0 Å². The highest BCUT2D eigenvalue weighted by Gasteiger charge is 2.51. The van der Waals surface area contributed by atoms with Crippen LogP contribution in [0, 0.1) is 0 Å². The van der Waals surface area contributed by atoms with Gasteiger partial charge in [-0.05, 0) is 67.2 Å². The van der Waals surface area contributed by atoms with E-state index in [1.54, 1.807) is 12.4 Å². The summed E-state index contributed by atoms with van der Waals surface area (Å²) in [6.07, 6.45) is 3.35. The largest absolute Gasteiger partial charge is 0.494 e. The Hall–Kier alpha value is -3.22. The van der Waals surface area contributed by atoms with E-state index >= 15 is 0 Å². The van der Waals surface area contributed by atoms with Crippen LogP contribution in [0.4, 0.5) is 0 Å². The lowest BCUT2D eigenvalue weighted by molar-refractivity contribution is 0.00578. The van der Waals surface area contributed by atoms with E-state index in [0.717, 1.165) is 43.8 Å². The van der Waals surface area contributed by atoms with E-state index < -0.39 is 0 Å². The highest BCUT2D eigenvalue weighted by molar-refractivity contribution is 6.62. The van der Waals surface area contributed by atoms with Gasteiger partial charge in [0.2, 0.25) is 5.71 Å². The second-order valence-corrected chi connectivity index (χ2v) is 9.40. The summed E-state index contributed by atoms with van der Waals surface area (Å²) in [7, 11) is -0.352. The van der Waals surface area contributed by atoms with Crippen molar-refractivity contribution in [2.45, 2.75) is 38.9 Å². The monoisotopic (exact) mass is 422 g/mol. The molecule has 1 aliphatic rings. The predicted molar refractivity (Wildman–Crippen MR) is 128 cm³/mol. The van der Waals surface area contributed by atoms with Gasteiger partial charge in [-0.2, -0.15) is 0 Å². The molecule has 0 atom stereocenters. The summed E-state index contributed by atoms with van der Waals surface area (Å²) in [4.78, 5) is 8.79. The van der Waals surface area contributed by atoms with Crippen molar-refractivity contribution < 1.29 is 13.7 Å². The van der Waals surface area contributed by atoms with Gasteiger partial charge in [-0.1, -0.05) is 42.5 Å². The van der Waals surface area contributed by atoms with Gasteiger partial charge in [-0.3, -0.25) is 0 Å². The van der Waals surface area contributed by atoms with Gasteiger partial charge in [0.25, 0.3) is 0 Å². The third-order valence-electron chi connectivity index (χ3n) is 6.86. The SMILES string of the molecule is CC1(C)OB(c2ccc(-c3ccc4c(ccc5oc6nccnc6c54)c3)cc2)OC1(C)C. The van der Waals surface area contributed by atoms with E-state index in [0.29, 0.717) is 5.71 Å². The fourth-order valence-corrected chi connectivity index (χ4v) is 4.31. The molecule has 0 saturated carbocycles. The molecule has 0 radical (unpaired) electrons. The maximum absolute atomic E-state index is 6.18. The minimum atomic E-state index is -0.352. The van der Waals surface area contributed by atoms with Crippen molar-refractivity contribution in [1.29, 1.82) is 0 Å².